The molecule has 1 atom stereocenters. The summed E-state index contributed by atoms with van der Waals surface area (Å²) < 4.78 is 23.8. The lowest BCUT2D eigenvalue weighted by Crippen LogP contribution is -2.25. The van der Waals surface area contributed by atoms with Crippen LogP contribution >= 0.6 is 15.9 Å². The van der Waals surface area contributed by atoms with E-state index in [1.807, 2.05) is 38.1 Å². The van der Waals surface area contributed by atoms with Gasteiger partial charge in [-0.1, -0.05) is 26.0 Å². The molecule has 0 amide bonds. The van der Waals surface area contributed by atoms with E-state index in [1.54, 1.807) is 37.4 Å². The minimum atomic E-state index is -0.849. The molecule has 0 saturated carbocycles. The van der Waals surface area contributed by atoms with Crippen molar-refractivity contribution < 1.29 is 23.7 Å². The van der Waals surface area contributed by atoms with Crippen LogP contribution in [0.2, 0.25) is 0 Å². The maximum Gasteiger partial charge on any atom is 0.346 e. The van der Waals surface area contributed by atoms with E-state index in [9.17, 15) is 9.59 Å². The summed E-state index contributed by atoms with van der Waals surface area (Å²) in [5.74, 6) is 1.60. The van der Waals surface area contributed by atoms with Gasteiger partial charge in [0.2, 0.25) is 0 Å². The SMILES string of the molecule is CCOc1cc(C)c(-c2nc3ccccc3c(=O)n2N=Cc2cc(Br)c(O[C@H](C)C(=O)OC)c(OC)c2)cc1C(C)C. The molecule has 9 nitrogen and oxygen atoms in total. The Balaban J connectivity index is 1.87. The highest BCUT2D eigenvalue weighted by atomic mass is 79.9. The Hall–Kier alpha value is -4.18. The van der Waals surface area contributed by atoms with Crippen molar-refractivity contribution in [3.63, 3.8) is 0 Å². The molecule has 0 N–H and O–H groups in total. The van der Waals surface area contributed by atoms with Crippen molar-refractivity contribution in [3.05, 3.63) is 80.0 Å². The molecule has 0 fully saturated rings. The van der Waals surface area contributed by atoms with Crippen LogP contribution < -0.4 is 19.8 Å². The number of methoxy groups -OCH3 is 2. The number of nitrogens with zero attached hydrogens (tertiary/aromatic N) is 3. The first-order valence-corrected chi connectivity index (χ1v) is 14.3. The number of halogens is 1. The van der Waals surface area contributed by atoms with Crippen LogP contribution in [0.4, 0.5) is 0 Å². The number of benzene rings is 3. The second-order valence-electron chi connectivity index (χ2n) is 9.92. The number of rotatable bonds is 10. The Morgan fingerprint density at radius 1 is 1.10 bits per heavy atom. The Morgan fingerprint density at radius 2 is 1.83 bits per heavy atom. The Morgan fingerprint density at radius 3 is 2.50 bits per heavy atom. The number of esters is 1. The lowest BCUT2D eigenvalue weighted by molar-refractivity contribution is -0.147. The van der Waals surface area contributed by atoms with E-state index in [4.69, 9.17) is 23.9 Å². The van der Waals surface area contributed by atoms with Gasteiger partial charge in [-0.25, -0.2) is 9.78 Å². The smallest absolute Gasteiger partial charge is 0.346 e. The molecule has 4 rings (SSSR count). The van der Waals surface area contributed by atoms with Gasteiger partial charge in [-0.05, 0) is 95.7 Å². The Bertz CT molecular complexity index is 1710. The molecule has 0 aliphatic carbocycles. The quantitative estimate of drug-likeness (QED) is 0.145. The number of fused-ring (bicyclic) bond motifs is 1. The van der Waals surface area contributed by atoms with Crippen LogP contribution in [0.5, 0.6) is 17.2 Å². The summed E-state index contributed by atoms with van der Waals surface area (Å²) in [6, 6.07) is 14.7. The predicted octanol–water partition coefficient (Wildman–Crippen LogP) is 6.49. The first-order valence-electron chi connectivity index (χ1n) is 13.5. The number of carbonyl (C=O) groups is 1. The molecule has 0 aliphatic rings. The summed E-state index contributed by atoms with van der Waals surface area (Å²) in [6.07, 6.45) is 0.702. The topological polar surface area (TPSA) is 101 Å². The number of hydrogen-bond donors (Lipinski definition) is 0. The summed E-state index contributed by atoms with van der Waals surface area (Å²) in [5, 5.41) is 5.07. The lowest BCUT2D eigenvalue weighted by atomic mass is 9.96. The van der Waals surface area contributed by atoms with Crippen molar-refractivity contribution in [1.29, 1.82) is 0 Å². The monoisotopic (exact) mass is 635 g/mol. The summed E-state index contributed by atoms with van der Waals surface area (Å²) >= 11 is 3.50. The average molecular weight is 637 g/mol. The van der Waals surface area contributed by atoms with Gasteiger partial charge < -0.3 is 18.9 Å². The van der Waals surface area contributed by atoms with E-state index >= 15 is 0 Å². The summed E-state index contributed by atoms with van der Waals surface area (Å²) in [5.41, 5.74) is 3.59. The maximum absolute atomic E-state index is 13.8. The van der Waals surface area contributed by atoms with E-state index in [0.29, 0.717) is 44.9 Å². The molecule has 3 aromatic carbocycles. The number of carbonyl (C=O) groups excluding carboxylic acids is 1. The van der Waals surface area contributed by atoms with Crippen molar-refractivity contribution in [3.8, 4) is 28.6 Å². The van der Waals surface area contributed by atoms with Crippen LogP contribution in [0, 0.1) is 6.92 Å². The summed E-state index contributed by atoms with van der Waals surface area (Å²) in [7, 11) is 2.79. The van der Waals surface area contributed by atoms with Gasteiger partial charge in [0.1, 0.15) is 5.75 Å². The molecule has 0 spiro atoms. The van der Waals surface area contributed by atoms with Gasteiger partial charge >= 0.3 is 5.97 Å². The second kappa shape index (κ2) is 13.2. The molecular formula is C32H34BrN3O6. The third-order valence-electron chi connectivity index (χ3n) is 6.68. The van der Waals surface area contributed by atoms with E-state index < -0.39 is 12.1 Å². The highest BCUT2D eigenvalue weighted by molar-refractivity contribution is 9.10. The van der Waals surface area contributed by atoms with Crippen LogP contribution in [-0.2, 0) is 9.53 Å². The molecule has 1 heterocycles. The molecule has 42 heavy (non-hydrogen) atoms. The van der Waals surface area contributed by atoms with Gasteiger partial charge in [0, 0.05) is 5.56 Å². The van der Waals surface area contributed by atoms with Gasteiger partial charge in [0.15, 0.2) is 23.4 Å². The van der Waals surface area contributed by atoms with Gasteiger partial charge in [-0.3, -0.25) is 4.79 Å². The fourth-order valence-electron chi connectivity index (χ4n) is 4.52. The first-order chi connectivity index (χ1) is 20.1. The van der Waals surface area contributed by atoms with E-state index in [-0.39, 0.29) is 11.5 Å². The van der Waals surface area contributed by atoms with Crippen molar-refractivity contribution >= 4 is 39.0 Å². The molecule has 10 heteroatoms. The molecule has 0 unspecified atom stereocenters. The fraction of sp³-hybridized carbons (Fsp3) is 0.312. The van der Waals surface area contributed by atoms with Crippen molar-refractivity contribution in [2.75, 3.05) is 20.8 Å². The van der Waals surface area contributed by atoms with Crippen LogP contribution in [0.3, 0.4) is 0 Å². The molecule has 0 radical (unpaired) electrons. The zero-order valence-electron chi connectivity index (χ0n) is 24.7. The van der Waals surface area contributed by atoms with Crippen LogP contribution in [0.25, 0.3) is 22.3 Å². The van der Waals surface area contributed by atoms with Crippen LogP contribution in [-0.4, -0.2) is 48.8 Å². The predicted molar refractivity (Wildman–Crippen MR) is 167 cm³/mol. The van der Waals surface area contributed by atoms with Crippen molar-refractivity contribution in [2.45, 2.75) is 46.6 Å². The van der Waals surface area contributed by atoms with Crippen molar-refractivity contribution in [1.82, 2.24) is 9.66 Å². The standard InChI is InChI=1S/C32H34BrN3O6/c1-8-41-27-13-19(4)24(16-23(27)18(2)3)30-35-26-12-10-9-11-22(26)31(37)36(30)34-17-21-14-25(33)29(28(15-21)39-6)42-20(5)32(38)40-7/h9-18,20H,8H2,1-7H3/t20-/m1/s1. The lowest BCUT2D eigenvalue weighted by Gasteiger charge is -2.18. The third kappa shape index (κ3) is 6.33. The normalized spacial score (nSPS) is 12.1. The number of ether oxygens (including phenoxy) is 4. The van der Waals surface area contributed by atoms with E-state index in [2.05, 4.69) is 34.9 Å². The molecular weight excluding hydrogens is 602 g/mol. The van der Waals surface area contributed by atoms with E-state index in [1.165, 1.54) is 18.9 Å². The highest BCUT2D eigenvalue weighted by Crippen LogP contribution is 2.37. The maximum atomic E-state index is 13.8. The zero-order valence-corrected chi connectivity index (χ0v) is 26.3. The van der Waals surface area contributed by atoms with Crippen molar-refractivity contribution in [2.24, 2.45) is 5.10 Å². The fourth-order valence-corrected chi connectivity index (χ4v) is 5.07. The first kappa shape index (κ1) is 30.8. The molecule has 0 aliphatic heterocycles. The average Bonchev–Trinajstić information content (AvgIpc) is 2.97. The largest absolute Gasteiger partial charge is 0.494 e. The zero-order chi connectivity index (χ0) is 30.6. The van der Waals surface area contributed by atoms with Gasteiger partial charge in [-0.2, -0.15) is 9.78 Å². The molecule has 0 saturated heterocycles. The van der Waals surface area contributed by atoms with Gasteiger partial charge in [0.25, 0.3) is 5.56 Å². The number of para-hydroxylation sites is 1. The molecule has 0 bridgehead atoms. The Labute approximate surface area is 253 Å². The Kier molecular flexibility index (Phi) is 9.67. The highest BCUT2D eigenvalue weighted by Gasteiger charge is 2.21. The molecule has 220 valence electrons. The third-order valence-corrected chi connectivity index (χ3v) is 7.26. The van der Waals surface area contributed by atoms with E-state index in [0.717, 1.165) is 22.4 Å². The minimum absolute atomic E-state index is 0.183. The minimum Gasteiger partial charge on any atom is -0.494 e. The second-order valence-corrected chi connectivity index (χ2v) is 10.8. The molecule has 1 aromatic heterocycles. The van der Waals surface area contributed by atoms with Gasteiger partial charge in [0.05, 0.1) is 42.4 Å². The van der Waals surface area contributed by atoms with Crippen LogP contribution in [0.1, 0.15) is 50.3 Å². The summed E-state index contributed by atoms with van der Waals surface area (Å²) in [6.45, 7) is 10.2. The summed E-state index contributed by atoms with van der Waals surface area (Å²) in [4.78, 5) is 30.6. The number of aryl methyl sites for hydroxylation is 1. The number of aromatic nitrogens is 2. The van der Waals surface area contributed by atoms with Gasteiger partial charge in [-0.15, -0.1) is 0 Å². The van der Waals surface area contributed by atoms with Crippen LogP contribution in [0.15, 0.2) is 62.9 Å². The molecule has 4 aromatic rings. The number of hydrogen-bond acceptors (Lipinski definition) is 8.